The van der Waals surface area contributed by atoms with Crippen LogP contribution in [0.2, 0.25) is 0 Å². The minimum absolute atomic E-state index is 0.0219. The van der Waals surface area contributed by atoms with Gasteiger partial charge in [0, 0.05) is 35.5 Å². The van der Waals surface area contributed by atoms with Crippen molar-refractivity contribution in [2.75, 3.05) is 6.61 Å². The lowest BCUT2D eigenvalue weighted by molar-refractivity contribution is -0.319. The summed E-state index contributed by atoms with van der Waals surface area (Å²) in [6, 6.07) is 10.1. The third kappa shape index (κ3) is 3.14. The zero-order chi connectivity index (χ0) is 26.4. The van der Waals surface area contributed by atoms with Crippen LogP contribution in [0.1, 0.15) is 72.8 Å². The Labute approximate surface area is 214 Å². The Morgan fingerprint density at radius 3 is 2.31 bits per heavy atom. The Balaban J connectivity index is 1.88. The minimum atomic E-state index is -1.23. The number of carbonyl (C=O) groups is 1. The number of aliphatic hydroxyl groups excluding tert-OH is 2. The van der Waals surface area contributed by atoms with Crippen LogP contribution in [-0.4, -0.2) is 57.9 Å². The second-order valence-corrected chi connectivity index (χ2v) is 13.0. The number of aliphatic hydroxyl groups is 3. The largest absolute Gasteiger partial charge is 0.455 e. The van der Waals surface area contributed by atoms with E-state index in [1.807, 2.05) is 45.9 Å². The van der Waals surface area contributed by atoms with Crippen molar-refractivity contribution in [3.63, 3.8) is 0 Å². The monoisotopic (exact) mass is 498 g/mol. The molecule has 0 spiro atoms. The topological polar surface area (TPSA) is 96.2 Å². The molecule has 3 fully saturated rings. The van der Waals surface area contributed by atoms with Gasteiger partial charge in [-0.25, -0.2) is 0 Å². The number of rotatable bonds is 2. The fourth-order valence-electron chi connectivity index (χ4n) is 8.74. The summed E-state index contributed by atoms with van der Waals surface area (Å²) in [7, 11) is 0. The zero-order valence-electron chi connectivity index (χ0n) is 22.6. The van der Waals surface area contributed by atoms with Gasteiger partial charge in [-0.1, -0.05) is 70.5 Å². The highest BCUT2D eigenvalue weighted by Crippen LogP contribution is 2.70. The first kappa shape index (κ1) is 25.9. The average Bonchev–Trinajstić information content (AvgIpc) is 2.80. The van der Waals surface area contributed by atoms with E-state index in [0.717, 1.165) is 16.7 Å². The van der Waals surface area contributed by atoms with Crippen LogP contribution in [0, 0.1) is 28.1 Å². The lowest BCUT2D eigenvalue weighted by Crippen LogP contribution is -2.75. The van der Waals surface area contributed by atoms with Gasteiger partial charge in [-0.2, -0.15) is 0 Å². The molecule has 0 aromatic heterocycles. The molecule has 3 aliphatic carbocycles. The molecule has 5 rings (SSSR count). The number of allylic oxidation sites excluding steroid dienone is 1. The molecule has 1 saturated heterocycles. The lowest BCUT2D eigenvalue weighted by Gasteiger charge is -2.70. The van der Waals surface area contributed by atoms with Gasteiger partial charge in [0.1, 0.15) is 6.10 Å². The van der Waals surface area contributed by atoms with Gasteiger partial charge in [-0.05, 0) is 36.3 Å². The Bertz CT molecular complexity index is 1080. The number of fused-ring (bicyclic) bond motifs is 5. The Morgan fingerprint density at radius 1 is 1.11 bits per heavy atom. The quantitative estimate of drug-likeness (QED) is 0.422. The summed E-state index contributed by atoms with van der Waals surface area (Å²) < 4.78 is 11.9. The maximum absolute atomic E-state index is 13.1. The molecule has 6 heteroatoms. The van der Waals surface area contributed by atoms with E-state index in [9.17, 15) is 20.1 Å². The van der Waals surface area contributed by atoms with Gasteiger partial charge in [0.25, 0.3) is 0 Å². The van der Waals surface area contributed by atoms with Crippen molar-refractivity contribution in [2.45, 2.75) is 97.2 Å². The van der Waals surface area contributed by atoms with Crippen LogP contribution in [0.5, 0.6) is 0 Å². The van der Waals surface area contributed by atoms with Gasteiger partial charge < -0.3 is 24.8 Å². The number of esters is 1. The van der Waals surface area contributed by atoms with Crippen molar-refractivity contribution in [3.8, 4) is 0 Å². The maximum atomic E-state index is 13.1. The second kappa shape index (κ2) is 8.13. The number of hydrogen-bond acceptors (Lipinski definition) is 6. The minimum Gasteiger partial charge on any atom is -0.455 e. The van der Waals surface area contributed by atoms with Gasteiger partial charge >= 0.3 is 5.97 Å². The highest BCUT2D eigenvalue weighted by Gasteiger charge is 2.73. The van der Waals surface area contributed by atoms with E-state index in [0.29, 0.717) is 19.4 Å². The highest BCUT2D eigenvalue weighted by atomic mass is 16.6. The molecular weight excluding hydrogens is 456 g/mol. The van der Waals surface area contributed by atoms with E-state index in [2.05, 4.69) is 26.0 Å². The SMILES string of the molecule is CC(=O)O[C@@H]1C2=C(C)[C@@H](C)C[C@@](O)(C(c3ccccc3)C3[C@@](C)([C@@H](O)C[C@H]4OC[C@@]34C)[C@H]1O)C2(C)C. The highest BCUT2D eigenvalue weighted by molar-refractivity contribution is 5.67. The standard InChI is InChI=1S/C30H42O6/c1-16-14-30(34)23(19-11-9-8-10-12-19)25-28(6)15-35-21(28)13-20(32)29(25,7)26(33)24(36-18(3)31)22(17(16)2)27(30,4)5/h8-12,16,20-21,23-26,32-34H,13-15H2,1-7H3/t16-,20-,21+,23?,24+,25?,26-,28+,29+,30+/m0/s1. The fourth-order valence-corrected chi connectivity index (χ4v) is 8.74. The van der Waals surface area contributed by atoms with E-state index >= 15 is 0 Å². The normalized spacial score (nSPS) is 47.6. The predicted octanol–water partition coefficient (Wildman–Crippen LogP) is 3.98. The first-order valence-corrected chi connectivity index (χ1v) is 13.3. The molecule has 2 saturated carbocycles. The van der Waals surface area contributed by atoms with Crippen molar-refractivity contribution in [2.24, 2.45) is 28.1 Å². The Hall–Kier alpha value is -1.73. The van der Waals surface area contributed by atoms with Crippen LogP contribution in [0.25, 0.3) is 0 Å². The van der Waals surface area contributed by atoms with E-state index in [4.69, 9.17) is 9.47 Å². The lowest BCUT2D eigenvalue weighted by atomic mass is 9.39. The number of carbonyl (C=O) groups excluding carboxylic acids is 1. The molecule has 0 amide bonds. The average molecular weight is 499 g/mol. The van der Waals surface area contributed by atoms with Crippen molar-refractivity contribution in [1.82, 2.24) is 0 Å². The van der Waals surface area contributed by atoms with Crippen LogP contribution in [0.15, 0.2) is 41.5 Å². The smallest absolute Gasteiger partial charge is 0.303 e. The summed E-state index contributed by atoms with van der Waals surface area (Å²) in [5.74, 6) is -1.19. The summed E-state index contributed by atoms with van der Waals surface area (Å²) in [6.45, 7) is 14.1. The van der Waals surface area contributed by atoms with Crippen LogP contribution in [-0.2, 0) is 14.3 Å². The summed E-state index contributed by atoms with van der Waals surface area (Å²) in [5.41, 5.74) is -0.680. The molecule has 3 N–H and O–H groups in total. The molecule has 2 bridgehead atoms. The van der Waals surface area contributed by atoms with Gasteiger partial charge in [0.15, 0.2) is 6.10 Å². The Morgan fingerprint density at radius 2 is 1.75 bits per heavy atom. The number of benzene rings is 1. The third-order valence-electron chi connectivity index (χ3n) is 10.9. The molecular formula is C30H42O6. The van der Waals surface area contributed by atoms with Gasteiger partial charge in [-0.3, -0.25) is 4.79 Å². The van der Waals surface area contributed by atoms with Crippen LogP contribution in [0.3, 0.4) is 0 Å². The third-order valence-corrected chi connectivity index (χ3v) is 10.9. The Kier molecular flexibility index (Phi) is 5.85. The molecule has 0 radical (unpaired) electrons. The molecule has 198 valence electrons. The predicted molar refractivity (Wildman–Crippen MR) is 136 cm³/mol. The van der Waals surface area contributed by atoms with Crippen molar-refractivity contribution >= 4 is 5.97 Å². The van der Waals surface area contributed by atoms with E-state index in [-0.39, 0.29) is 29.3 Å². The molecule has 4 aliphatic rings. The molecule has 36 heavy (non-hydrogen) atoms. The summed E-state index contributed by atoms with van der Waals surface area (Å²) in [5, 5.41) is 37.1. The van der Waals surface area contributed by atoms with Crippen molar-refractivity contribution < 1.29 is 29.6 Å². The first-order valence-electron chi connectivity index (χ1n) is 13.3. The molecule has 1 aromatic carbocycles. The van der Waals surface area contributed by atoms with Crippen molar-refractivity contribution in [1.29, 1.82) is 0 Å². The fraction of sp³-hybridized carbons (Fsp3) is 0.700. The molecule has 6 nitrogen and oxygen atoms in total. The van der Waals surface area contributed by atoms with Gasteiger partial charge in [-0.15, -0.1) is 0 Å². The molecule has 2 unspecified atom stereocenters. The van der Waals surface area contributed by atoms with E-state index < -0.39 is 40.7 Å². The molecule has 1 aliphatic heterocycles. The zero-order valence-corrected chi connectivity index (χ0v) is 22.6. The maximum Gasteiger partial charge on any atom is 0.303 e. The summed E-state index contributed by atoms with van der Waals surface area (Å²) in [6.07, 6.45) is -2.27. The second-order valence-electron chi connectivity index (χ2n) is 13.0. The first-order chi connectivity index (χ1) is 16.7. The van der Waals surface area contributed by atoms with Gasteiger partial charge in [0.2, 0.25) is 0 Å². The number of ether oxygens (including phenoxy) is 2. The van der Waals surface area contributed by atoms with Crippen LogP contribution in [0.4, 0.5) is 0 Å². The van der Waals surface area contributed by atoms with Gasteiger partial charge in [0.05, 0.1) is 24.4 Å². The van der Waals surface area contributed by atoms with Crippen LogP contribution >= 0.6 is 0 Å². The number of hydrogen-bond donors (Lipinski definition) is 3. The van der Waals surface area contributed by atoms with E-state index in [1.54, 1.807) is 0 Å². The molecule has 1 aromatic rings. The van der Waals surface area contributed by atoms with Crippen molar-refractivity contribution in [3.05, 3.63) is 47.0 Å². The summed E-state index contributed by atoms with van der Waals surface area (Å²) in [4.78, 5) is 12.4. The van der Waals surface area contributed by atoms with Crippen LogP contribution < -0.4 is 0 Å². The van der Waals surface area contributed by atoms with E-state index in [1.165, 1.54) is 6.92 Å². The summed E-state index contributed by atoms with van der Waals surface area (Å²) >= 11 is 0. The molecule has 1 heterocycles. The molecule has 10 atom stereocenters.